The molecule has 0 saturated heterocycles. The number of aromatic amines is 1. The molecule has 0 spiro atoms. The summed E-state index contributed by atoms with van der Waals surface area (Å²) in [4.78, 5) is 3.52. The Bertz CT molecular complexity index is 463. The molecule has 1 heterocycles. The lowest BCUT2D eigenvalue weighted by molar-refractivity contribution is 0.413. The molecule has 14 heavy (non-hydrogen) atoms. The summed E-state index contributed by atoms with van der Waals surface area (Å²) >= 11 is 0. The van der Waals surface area contributed by atoms with E-state index in [2.05, 4.69) is 36.2 Å². The van der Waals surface area contributed by atoms with Gasteiger partial charge < -0.3 is 4.98 Å². The van der Waals surface area contributed by atoms with Gasteiger partial charge in [0.15, 0.2) is 0 Å². The number of hydrogen-bond acceptors (Lipinski definition) is 0. The number of aryl methyl sites for hydroxylation is 1. The van der Waals surface area contributed by atoms with E-state index in [1.807, 2.05) is 0 Å². The Morgan fingerprint density at radius 3 is 2.79 bits per heavy atom. The van der Waals surface area contributed by atoms with E-state index in [-0.39, 0.29) is 0 Å². The van der Waals surface area contributed by atoms with E-state index >= 15 is 0 Å². The van der Waals surface area contributed by atoms with Crippen LogP contribution >= 0.6 is 0 Å². The zero-order valence-electron chi connectivity index (χ0n) is 8.51. The van der Waals surface area contributed by atoms with Gasteiger partial charge in [-0.25, -0.2) is 0 Å². The first-order chi connectivity index (χ1) is 6.83. The number of hydrogen-bond donors (Lipinski definition) is 1. The van der Waals surface area contributed by atoms with Crippen LogP contribution in [-0.2, 0) is 0 Å². The van der Waals surface area contributed by atoms with Crippen LogP contribution in [0.3, 0.4) is 0 Å². The van der Waals surface area contributed by atoms with Crippen molar-refractivity contribution in [1.82, 2.24) is 4.98 Å². The van der Waals surface area contributed by atoms with E-state index in [9.17, 15) is 0 Å². The molecular formula is C13H15N. The van der Waals surface area contributed by atoms with Crippen molar-refractivity contribution in [3.8, 4) is 0 Å². The number of H-pyrrole nitrogens is 1. The first kappa shape index (κ1) is 8.10. The molecule has 0 unspecified atom stereocenters. The Hall–Kier alpha value is -1.24. The van der Waals surface area contributed by atoms with E-state index in [0.29, 0.717) is 0 Å². The summed E-state index contributed by atoms with van der Waals surface area (Å²) in [7, 11) is 0. The summed E-state index contributed by atoms with van der Waals surface area (Å²) in [5.41, 5.74) is 4.08. The number of aromatic nitrogens is 1. The molecule has 0 radical (unpaired) electrons. The summed E-state index contributed by atoms with van der Waals surface area (Å²) in [5, 5.41) is 1.37. The van der Waals surface area contributed by atoms with Crippen LogP contribution in [0.2, 0.25) is 0 Å². The van der Waals surface area contributed by atoms with Crippen molar-refractivity contribution in [1.29, 1.82) is 0 Å². The van der Waals surface area contributed by atoms with Gasteiger partial charge in [0.2, 0.25) is 0 Å². The summed E-state index contributed by atoms with van der Waals surface area (Å²) in [6.45, 7) is 2.15. The van der Waals surface area contributed by atoms with E-state index in [1.54, 1.807) is 0 Å². The summed E-state index contributed by atoms with van der Waals surface area (Å²) < 4.78 is 0. The third-order valence-corrected chi connectivity index (χ3v) is 3.34. The molecule has 1 aromatic carbocycles. The van der Waals surface area contributed by atoms with Crippen molar-refractivity contribution in [2.24, 2.45) is 0 Å². The van der Waals surface area contributed by atoms with Gasteiger partial charge in [-0.2, -0.15) is 0 Å². The second kappa shape index (κ2) is 2.88. The van der Waals surface area contributed by atoms with Gasteiger partial charge in [-0.1, -0.05) is 18.1 Å². The molecule has 0 amide bonds. The fourth-order valence-electron chi connectivity index (χ4n) is 2.21. The van der Waals surface area contributed by atoms with Crippen LogP contribution in [0.5, 0.6) is 0 Å². The Balaban J connectivity index is 2.10. The Kier molecular flexibility index (Phi) is 1.66. The highest BCUT2D eigenvalue weighted by Crippen LogP contribution is 2.37. The van der Waals surface area contributed by atoms with Crippen LogP contribution in [0.1, 0.15) is 36.4 Å². The fraction of sp³-hybridized carbons (Fsp3) is 0.385. The highest BCUT2D eigenvalue weighted by atomic mass is 14.7. The van der Waals surface area contributed by atoms with Crippen LogP contribution < -0.4 is 0 Å². The molecule has 1 aromatic heterocycles. The number of rotatable bonds is 1. The minimum atomic E-state index is 0.808. The average Bonchev–Trinajstić information content (AvgIpc) is 2.43. The number of nitrogens with one attached hydrogen (secondary N) is 1. The SMILES string of the molecule is Cc1ccc2[nH]c(C3CCC3)cc2c1. The van der Waals surface area contributed by atoms with Crippen molar-refractivity contribution in [3.05, 3.63) is 35.5 Å². The maximum atomic E-state index is 3.52. The van der Waals surface area contributed by atoms with Gasteiger partial charge >= 0.3 is 0 Å². The maximum Gasteiger partial charge on any atom is 0.0456 e. The minimum absolute atomic E-state index is 0.808. The van der Waals surface area contributed by atoms with Crippen molar-refractivity contribution in [2.75, 3.05) is 0 Å². The molecule has 0 atom stereocenters. The van der Waals surface area contributed by atoms with Gasteiger partial charge in [0.1, 0.15) is 0 Å². The predicted molar refractivity (Wildman–Crippen MR) is 59.6 cm³/mol. The van der Waals surface area contributed by atoms with E-state index < -0.39 is 0 Å². The Morgan fingerprint density at radius 1 is 1.21 bits per heavy atom. The van der Waals surface area contributed by atoms with E-state index in [4.69, 9.17) is 0 Å². The first-order valence-electron chi connectivity index (χ1n) is 5.42. The summed E-state index contributed by atoms with van der Waals surface area (Å²) in [5.74, 6) is 0.808. The number of benzene rings is 1. The van der Waals surface area contributed by atoms with E-state index in [0.717, 1.165) is 5.92 Å². The lowest BCUT2D eigenvalue weighted by atomic mass is 9.83. The quantitative estimate of drug-likeness (QED) is 0.696. The average molecular weight is 185 g/mol. The molecule has 72 valence electrons. The molecule has 1 nitrogen and oxygen atoms in total. The van der Waals surface area contributed by atoms with Gasteiger partial charge in [0.05, 0.1) is 0 Å². The van der Waals surface area contributed by atoms with Crippen LogP contribution in [0.25, 0.3) is 10.9 Å². The normalized spacial score (nSPS) is 17.2. The molecular weight excluding hydrogens is 170 g/mol. The first-order valence-corrected chi connectivity index (χ1v) is 5.42. The van der Waals surface area contributed by atoms with Gasteiger partial charge in [0, 0.05) is 11.2 Å². The highest BCUT2D eigenvalue weighted by Gasteiger charge is 2.20. The lowest BCUT2D eigenvalue weighted by Crippen LogP contribution is -2.08. The topological polar surface area (TPSA) is 15.8 Å². The second-order valence-electron chi connectivity index (χ2n) is 4.44. The van der Waals surface area contributed by atoms with Crippen molar-refractivity contribution < 1.29 is 0 Å². The largest absolute Gasteiger partial charge is 0.358 e. The standard InChI is InChI=1S/C13H15N/c1-9-5-6-12-11(7-9)8-13(14-12)10-3-2-4-10/h5-8,10,14H,2-4H2,1H3. The second-order valence-corrected chi connectivity index (χ2v) is 4.44. The van der Waals surface area contributed by atoms with Crippen LogP contribution in [-0.4, -0.2) is 4.98 Å². The molecule has 2 aromatic rings. The molecule has 1 fully saturated rings. The van der Waals surface area contributed by atoms with Crippen LogP contribution in [0.4, 0.5) is 0 Å². The Morgan fingerprint density at radius 2 is 2.07 bits per heavy atom. The van der Waals surface area contributed by atoms with Crippen molar-refractivity contribution in [3.63, 3.8) is 0 Å². The zero-order valence-corrected chi connectivity index (χ0v) is 8.51. The third-order valence-electron chi connectivity index (χ3n) is 3.34. The molecule has 1 heteroatoms. The maximum absolute atomic E-state index is 3.52. The van der Waals surface area contributed by atoms with Gasteiger partial charge in [0.25, 0.3) is 0 Å². The van der Waals surface area contributed by atoms with Crippen molar-refractivity contribution in [2.45, 2.75) is 32.1 Å². The molecule has 3 rings (SSSR count). The van der Waals surface area contributed by atoms with Gasteiger partial charge in [-0.3, -0.25) is 0 Å². The predicted octanol–water partition coefficient (Wildman–Crippen LogP) is 3.74. The van der Waals surface area contributed by atoms with Crippen molar-refractivity contribution >= 4 is 10.9 Å². The molecule has 1 saturated carbocycles. The molecule has 0 aliphatic heterocycles. The third kappa shape index (κ3) is 1.16. The van der Waals surface area contributed by atoms with Crippen LogP contribution in [0, 0.1) is 6.92 Å². The minimum Gasteiger partial charge on any atom is -0.358 e. The summed E-state index contributed by atoms with van der Waals surface area (Å²) in [6, 6.07) is 8.94. The van der Waals surface area contributed by atoms with Gasteiger partial charge in [-0.15, -0.1) is 0 Å². The molecule has 1 aliphatic carbocycles. The zero-order chi connectivity index (χ0) is 9.54. The molecule has 1 aliphatic rings. The smallest absolute Gasteiger partial charge is 0.0456 e. The number of fused-ring (bicyclic) bond motifs is 1. The highest BCUT2D eigenvalue weighted by molar-refractivity contribution is 5.81. The van der Waals surface area contributed by atoms with E-state index in [1.165, 1.54) is 41.4 Å². The monoisotopic (exact) mass is 185 g/mol. The van der Waals surface area contributed by atoms with Gasteiger partial charge in [-0.05, 0) is 49.3 Å². The van der Waals surface area contributed by atoms with Crippen LogP contribution in [0.15, 0.2) is 24.3 Å². The molecule has 1 N–H and O–H groups in total. The Labute approximate surface area is 84.1 Å². The fourth-order valence-corrected chi connectivity index (χ4v) is 2.21. The lowest BCUT2D eigenvalue weighted by Gasteiger charge is -2.23. The molecule has 0 bridgehead atoms. The summed E-state index contributed by atoms with van der Waals surface area (Å²) in [6.07, 6.45) is 4.14.